The molecule has 1 aliphatic carbocycles. The van der Waals surface area contributed by atoms with Crippen molar-refractivity contribution < 1.29 is 0 Å². The summed E-state index contributed by atoms with van der Waals surface area (Å²) in [7, 11) is 0. The van der Waals surface area contributed by atoms with Crippen LogP contribution in [-0.2, 0) is 0 Å². The van der Waals surface area contributed by atoms with Gasteiger partial charge in [-0.05, 0) is 56.2 Å². The quantitative estimate of drug-likeness (QED) is 0.778. The van der Waals surface area contributed by atoms with Crippen LogP contribution in [-0.4, -0.2) is 19.1 Å². The normalized spacial score (nSPS) is 26.6. The summed E-state index contributed by atoms with van der Waals surface area (Å²) in [4.78, 5) is 2.52. The number of hydrogen-bond donors (Lipinski definition) is 1. The lowest BCUT2D eigenvalue weighted by atomic mass is 9.98. The van der Waals surface area contributed by atoms with E-state index < -0.39 is 0 Å². The molecule has 0 aromatic heterocycles. The van der Waals surface area contributed by atoms with E-state index in [0.717, 1.165) is 5.92 Å². The zero-order valence-electron chi connectivity index (χ0n) is 13.5. The summed E-state index contributed by atoms with van der Waals surface area (Å²) in [6, 6.07) is 9.74. The highest BCUT2D eigenvalue weighted by Crippen LogP contribution is 2.29. The second-order valence-electron chi connectivity index (χ2n) is 6.87. The van der Waals surface area contributed by atoms with Crippen LogP contribution in [0.1, 0.15) is 58.3 Å². The van der Waals surface area contributed by atoms with Gasteiger partial charge in [0.05, 0.1) is 0 Å². The summed E-state index contributed by atoms with van der Waals surface area (Å²) in [6.07, 6.45) is 11.0. The molecule has 0 amide bonds. The van der Waals surface area contributed by atoms with Gasteiger partial charge in [-0.3, -0.25) is 0 Å². The van der Waals surface area contributed by atoms with Gasteiger partial charge >= 0.3 is 0 Å². The van der Waals surface area contributed by atoms with Crippen molar-refractivity contribution in [1.29, 1.82) is 0 Å². The fourth-order valence-corrected chi connectivity index (χ4v) is 3.93. The zero-order chi connectivity index (χ0) is 14.5. The summed E-state index contributed by atoms with van der Waals surface area (Å²) in [5.74, 6) is 0.965. The van der Waals surface area contributed by atoms with Gasteiger partial charge in [-0.1, -0.05) is 32.3 Å². The van der Waals surface area contributed by atoms with Gasteiger partial charge in [0, 0.05) is 30.5 Å². The number of hydrogen-bond acceptors (Lipinski definition) is 2. The third-order valence-corrected chi connectivity index (χ3v) is 5.35. The van der Waals surface area contributed by atoms with Crippen molar-refractivity contribution in [3.63, 3.8) is 0 Å². The number of benzene rings is 1. The van der Waals surface area contributed by atoms with Crippen LogP contribution in [0.3, 0.4) is 0 Å². The van der Waals surface area contributed by atoms with Crippen LogP contribution < -0.4 is 10.2 Å². The second-order valence-corrected chi connectivity index (χ2v) is 6.87. The van der Waals surface area contributed by atoms with Gasteiger partial charge in [-0.2, -0.15) is 0 Å². The highest BCUT2D eigenvalue weighted by molar-refractivity contribution is 5.58. The van der Waals surface area contributed by atoms with Gasteiger partial charge in [0.1, 0.15) is 0 Å². The highest BCUT2D eigenvalue weighted by atomic mass is 15.1. The summed E-state index contributed by atoms with van der Waals surface area (Å²) in [5.41, 5.74) is 2.72. The third-order valence-electron chi connectivity index (χ3n) is 5.35. The summed E-state index contributed by atoms with van der Waals surface area (Å²) in [5, 5.41) is 3.80. The largest absolute Gasteiger partial charge is 0.382 e. The zero-order valence-corrected chi connectivity index (χ0v) is 13.5. The predicted molar refractivity (Wildman–Crippen MR) is 92.2 cm³/mol. The molecule has 2 heteroatoms. The van der Waals surface area contributed by atoms with Crippen LogP contribution in [0, 0.1) is 5.92 Å². The minimum absolute atomic E-state index is 0.676. The summed E-state index contributed by atoms with van der Waals surface area (Å²) in [6.45, 7) is 4.80. The number of anilines is 2. The summed E-state index contributed by atoms with van der Waals surface area (Å²) >= 11 is 0. The van der Waals surface area contributed by atoms with Crippen molar-refractivity contribution in [2.24, 2.45) is 5.92 Å². The van der Waals surface area contributed by atoms with E-state index in [1.807, 2.05) is 0 Å². The molecule has 2 atom stereocenters. The monoisotopic (exact) mass is 286 g/mol. The fraction of sp³-hybridized carbons (Fsp3) is 0.684. The first kappa shape index (κ1) is 14.7. The lowest BCUT2D eigenvalue weighted by Gasteiger charge is -2.21. The topological polar surface area (TPSA) is 15.3 Å². The standard InChI is InChI=1S/C19H30N2/c1-2-16-7-5-8-17(12-11-16)20-18-9-6-10-19(15-18)21-13-3-4-14-21/h6,9-10,15-17,20H,2-5,7-8,11-14H2,1H3. The minimum Gasteiger partial charge on any atom is -0.382 e. The molecule has 1 aromatic carbocycles. The fourth-order valence-electron chi connectivity index (χ4n) is 3.93. The van der Waals surface area contributed by atoms with Crippen molar-refractivity contribution in [3.05, 3.63) is 24.3 Å². The maximum Gasteiger partial charge on any atom is 0.0386 e. The molecule has 2 nitrogen and oxygen atoms in total. The molecule has 2 aliphatic rings. The first-order valence-electron chi connectivity index (χ1n) is 8.96. The van der Waals surface area contributed by atoms with E-state index in [0.29, 0.717) is 6.04 Å². The first-order valence-corrected chi connectivity index (χ1v) is 8.96. The highest BCUT2D eigenvalue weighted by Gasteiger charge is 2.18. The SMILES string of the molecule is CCC1CCCC(Nc2cccc(N3CCCC3)c2)CC1. The van der Waals surface area contributed by atoms with E-state index in [1.165, 1.54) is 75.8 Å². The molecule has 0 spiro atoms. The van der Waals surface area contributed by atoms with E-state index in [2.05, 4.69) is 41.4 Å². The molecule has 1 N–H and O–H groups in total. The van der Waals surface area contributed by atoms with Crippen LogP contribution in [0.4, 0.5) is 11.4 Å². The number of rotatable bonds is 4. The lowest BCUT2D eigenvalue weighted by molar-refractivity contribution is 0.444. The van der Waals surface area contributed by atoms with Gasteiger partial charge in [0.15, 0.2) is 0 Å². The molecule has 1 aromatic rings. The van der Waals surface area contributed by atoms with Crippen molar-refractivity contribution in [1.82, 2.24) is 0 Å². The smallest absolute Gasteiger partial charge is 0.0386 e. The Morgan fingerprint density at radius 3 is 2.71 bits per heavy atom. The maximum absolute atomic E-state index is 3.80. The molecule has 0 bridgehead atoms. The van der Waals surface area contributed by atoms with Gasteiger partial charge in [-0.15, -0.1) is 0 Å². The second kappa shape index (κ2) is 7.20. The molecule has 116 valence electrons. The van der Waals surface area contributed by atoms with Crippen molar-refractivity contribution in [2.75, 3.05) is 23.3 Å². The molecule has 1 saturated carbocycles. The third kappa shape index (κ3) is 3.93. The minimum atomic E-state index is 0.676. The van der Waals surface area contributed by atoms with Gasteiger partial charge < -0.3 is 10.2 Å². The Balaban J connectivity index is 1.60. The molecule has 2 fully saturated rings. The number of nitrogens with one attached hydrogen (secondary N) is 1. The Kier molecular flexibility index (Phi) is 5.05. The van der Waals surface area contributed by atoms with Gasteiger partial charge in [0.2, 0.25) is 0 Å². The van der Waals surface area contributed by atoms with E-state index in [9.17, 15) is 0 Å². The Labute approximate surface area is 129 Å². The molecule has 1 saturated heterocycles. The van der Waals surface area contributed by atoms with Crippen LogP contribution in [0.5, 0.6) is 0 Å². The van der Waals surface area contributed by atoms with Crippen LogP contribution >= 0.6 is 0 Å². The Hall–Kier alpha value is -1.18. The van der Waals surface area contributed by atoms with E-state index in [1.54, 1.807) is 0 Å². The molecule has 2 unspecified atom stereocenters. The van der Waals surface area contributed by atoms with Crippen molar-refractivity contribution >= 4 is 11.4 Å². The number of nitrogens with zero attached hydrogens (tertiary/aromatic N) is 1. The van der Waals surface area contributed by atoms with E-state index in [4.69, 9.17) is 0 Å². The molecule has 3 rings (SSSR count). The molecular formula is C19H30N2. The average molecular weight is 286 g/mol. The lowest BCUT2D eigenvalue weighted by Crippen LogP contribution is -2.20. The summed E-state index contributed by atoms with van der Waals surface area (Å²) < 4.78 is 0. The maximum atomic E-state index is 3.80. The molecule has 0 radical (unpaired) electrons. The van der Waals surface area contributed by atoms with Gasteiger partial charge in [-0.25, -0.2) is 0 Å². The Bertz CT molecular complexity index is 437. The van der Waals surface area contributed by atoms with Crippen LogP contribution in [0.25, 0.3) is 0 Å². The molecular weight excluding hydrogens is 256 g/mol. The van der Waals surface area contributed by atoms with Crippen LogP contribution in [0.2, 0.25) is 0 Å². The van der Waals surface area contributed by atoms with E-state index >= 15 is 0 Å². The van der Waals surface area contributed by atoms with E-state index in [-0.39, 0.29) is 0 Å². The molecule has 1 heterocycles. The molecule has 1 aliphatic heterocycles. The van der Waals surface area contributed by atoms with Gasteiger partial charge in [0.25, 0.3) is 0 Å². The van der Waals surface area contributed by atoms with Crippen molar-refractivity contribution in [3.8, 4) is 0 Å². The average Bonchev–Trinajstić information content (AvgIpc) is 2.96. The molecule has 21 heavy (non-hydrogen) atoms. The Morgan fingerprint density at radius 2 is 1.90 bits per heavy atom. The van der Waals surface area contributed by atoms with Crippen LogP contribution in [0.15, 0.2) is 24.3 Å². The first-order chi connectivity index (χ1) is 10.3. The van der Waals surface area contributed by atoms with Crippen molar-refractivity contribution in [2.45, 2.75) is 64.3 Å². The Morgan fingerprint density at radius 1 is 1.05 bits per heavy atom. The predicted octanol–water partition coefficient (Wildman–Crippen LogP) is 5.06.